The Balaban J connectivity index is 0.000000211. The van der Waals surface area contributed by atoms with Gasteiger partial charge in [0.25, 0.3) is 0 Å². The smallest absolute Gasteiger partial charge is 0.245 e. The Hall–Kier alpha value is -6.60. The highest BCUT2D eigenvalue weighted by Gasteiger charge is 2.37. The normalized spacial score (nSPS) is 18.0. The topological polar surface area (TPSA) is 307 Å². The third kappa shape index (κ3) is 11.7. The van der Waals surface area contributed by atoms with Crippen molar-refractivity contribution in [2.75, 3.05) is 68.1 Å². The van der Waals surface area contributed by atoms with Crippen LogP contribution >= 0.6 is 0 Å². The van der Waals surface area contributed by atoms with E-state index in [4.69, 9.17) is 37.9 Å². The van der Waals surface area contributed by atoms with Crippen molar-refractivity contribution in [3.63, 3.8) is 0 Å². The Morgan fingerprint density at radius 1 is 0.542 bits per heavy atom. The molecular formula is C42H52F2N14O12S2. The van der Waals surface area contributed by atoms with E-state index in [1.165, 1.54) is 50.2 Å². The molecule has 0 amide bonds. The first-order chi connectivity index (χ1) is 34.5. The van der Waals surface area contributed by atoms with E-state index in [9.17, 15) is 25.6 Å². The third-order valence-corrected chi connectivity index (χ3v) is 16.1. The summed E-state index contributed by atoms with van der Waals surface area (Å²) in [4.78, 5) is 32.3. The van der Waals surface area contributed by atoms with Crippen molar-refractivity contribution in [1.29, 1.82) is 0 Å². The van der Waals surface area contributed by atoms with Crippen molar-refractivity contribution < 1.29 is 63.5 Å². The summed E-state index contributed by atoms with van der Waals surface area (Å²) in [6.45, 7) is 8.30. The first kappa shape index (κ1) is 53.2. The van der Waals surface area contributed by atoms with E-state index in [2.05, 4.69) is 60.3 Å². The van der Waals surface area contributed by atoms with Crippen molar-refractivity contribution in [2.24, 2.45) is 0 Å². The van der Waals surface area contributed by atoms with E-state index in [0.29, 0.717) is 26.4 Å². The molecule has 0 radical (unpaired) electrons. The molecule has 2 aliphatic rings. The van der Waals surface area contributed by atoms with Gasteiger partial charge in [0.15, 0.2) is 66.0 Å². The maximum Gasteiger partial charge on any atom is 0.245 e. The number of aromatic nitrogens is 14. The van der Waals surface area contributed by atoms with E-state index in [0.717, 1.165) is 24.8 Å². The maximum atomic E-state index is 13.5. The maximum absolute atomic E-state index is 13.5. The van der Waals surface area contributed by atoms with Gasteiger partial charge in [0.05, 0.1) is 103 Å². The molecule has 0 spiro atoms. The van der Waals surface area contributed by atoms with Crippen molar-refractivity contribution in [3.05, 3.63) is 84.0 Å². The molecule has 30 heteroatoms. The Labute approximate surface area is 412 Å². The molecule has 26 nitrogen and oxygen atoms in total. The van der Waals surface area contributed by atoms with Gasteiger partial charge >= 0.3 is 0 Å². The van der Waals surface area contributed by atoms with Gasteiger partial charge < -0.3 is 37.9 Å². The molecule has 0 aromatic carbocycles. The lowest BCUT2D eigenvalue weighted by Crippen LogP contribution is -2.28. The van der Waals surface area contributed by atoms with Crippen molar-refractivity contribution in [2.45, 2.75) is 73.7 Å². The van der Waals surface area contributed by atoms with Crippen LogP contribution in [0.3, 0.4) is 0 Å². The van der Waals surface area contributed by atoms with Gasteiger partial charge in [-0.15, -0.1) is 20.4 Å². The summed E-state index contributed by atoms with van der Waals surface area (Å²) < 4.78 is 128. The van der Waals surface area contributed by atoms with Crippen molar-refractivity contribution >= 4 is 19.7 Å². The Morgan fingerprint density at radius 2 is 0.875 bits per heavy atom. The lowest BCUT2D eigenvalue weighted by atomic mass is 10.1. The van der Waals surface area contributed by atoms with Gasteiger partial charge in [-0.1, -0.05) is 13.8 Å². The number of methoxy groups -OCH3 is 4. The fraction of sp³-hybridized carbons (Fsp3) is 0.524. The minimum absolute atomic E-state index is 0.0737. The van der Waals surface area contributed by atoms with Crippen LogP contribution in [-0.2, 0) is 50.1 Å². The molecule has 0 saturated carbocycles. The van der Waals surface area contributed by atoms with Crippen LogP contribution in [0.2, 0.25) is 0 Å². The van der Waals surface area contributed by atoms with E-state index >= 15 is 0 Å². The van der Waals surface area contributed by atoms with Gasteiger partial charge in [0.2, 0.25) is 23.5 Å². The van der Waals surface area contributed by atoms with Crippen LogP contribution in [0.25, 0.3) is 11.4 Å². The fourth-order valence-electron chi connectivity index (χ4n) is 7.48. The van der Waals surface area contributed by atoms with E-state index in [-0.39, 0.29) is 83.1 Å². The molecule has 388 valence electrons. The molecule has 72 heavy (non-hydrogen) atoms. The molecule has 8 heterocycles. The zero-order valence-corrected chi connectivity index (χ0v) is 42.0. The summed E-state index contributed by atoms with van der Waals surface area (Å²) in [6, 6.07) is 0. The summed E-state index contributed by atoms with van der Waals surface area (Å²) in [6.07, 6.45) is 5.27. The third-order valence-electron chi connectivity index (χ3n) is 11.7. The minimum atomic E-state index is -3.85. The molecule has 0 unspecified atom stereocenters. The van der Waals surface area contributed by atoms with E-state index in [1.54, 1.807) is 27.7 Å². The number of nitrogens with zero attached hydrogens (tertiary/aromatic N) is 14. The molecule has 8 rings (SSSR count). The van der Waals surface area contributed by atoms with Gasteiger partial charge in [-0.05, 0) is 13.8 Å². The fourth-order valence-corrected chi connectivity index (χ4v) is 10.6. The molecular weight excluding hydrogens is 995 g/mol. The predicted molar refractivity (Wildman–Crippen MR) is 244 cm³/mol. The zero-order valence-electron chi connectivity index (χ0n) is 40.3. The average Bonchev–Trinajstić information content (AvgIpc) is 4.01. The number of hydrogen-bond donors (Lipinski definition) is 0. The van der Waals surface area contributed by atoms with Gasteiger partial charge in [-0.25, -0.2) is 45.6 Å². The van der Waals surface area contributed by atoms with Crippen molar-refractivity contribution in [1.82, 2.24) is 69.4 Å². The molecule has 2 aliphatic heterocycles. The number of hydrogen-bond acceptors (Lipinski definition) is 24. The second-order valence-corrected chi connectivity index (χ2v) is 20.8. The molecule has 0 bridgehead atoms. The van der Waals surface area contributed by atoms with E-state index < -0.39 is 77.4 Å². The highest BCUT2D eigenvalue weighted by atomic mass is 32.2. The SMILES string of the molecule is COc1ncnc(OC)c1-n1c(CS(=O)(=O)[C@@H](C)[C@H](C)c2ncc(F)cn2)nnc1[C@@H]1COCCO1.COc1ncnc(OC)c1-n1c(CS(=O)(=O)[C@@H](C)[C@H](C)c2ncc(F)cn2)nnc1[C@H]1COCCO1. The summed E-state index contributed by atoms with van der Waals surface area (Å²) in [5.74, 6) is -1.81. The zero-order chi connectivity index (χ0) is 51.7. The van der Waals surface area contributed by atoms with Crippen LogP contribution in [0.1, 0.15) is 86.7 Å². The predicted octanol–water partition coefficient (Wildman–Crippen LogP) is 2.40. The van der Waals surface area contributed by atoms with Crippen LogP contribution in [0.4, 0.5) is 8.78 Å². The number of sulfone groups is 2. The van der Waals surface area contributed by atoms with Gasteiger partial charge in [-0.2, -0.15) is 19.9 Å². The molecule has 6 atom stereocenters. The standard InChI is InChI=1S/2C21H26FN7O6S/c2*1-12(18-23-7-14(22)8-24-18)13(2)36(30,31)10-16-27-28-19(15-9-34-5-6-35-15)29(16)17-20(32-3)25-11-26-21(17)33-4/h2*7-8,11-13,15H,5-6,9-10H2,1-4H3/t12-,13-,15+;12-,13-,15-/m00/s1. The second kappa shape index (κ2) is 23.3. The lowest BCUT2D eigenvalue weighted by molar-refractivity contribution is -0.0942. The first-order valence-electron chi connectivity index (χ1n) is 22.0. The van der Waals surface area contributed by atoms with Crippen LogP contribution in [0, 0.1) is 11.6 Å². The second-order valence-electron chi connectivity index (χ2n) is 16.1. The Kier molecular flexibility index (Phi) is 17.2. The molecule has 0 N–H and O–H groups in total. The number of rotatable bonds is 18. The van der Waals surface area contributed by atoms with Crippen molar-refractivity contribution in [3.8, 4) is 34.9 Å². The Bertz CT molecular complexity index is 2750. The summed E-state index contributed by atoms with van der Waals surface area (Å²) in [7, 11) is -2.04. The minimum Gasteiger partial charge on any atom is -0.479 e. The largest absolute Gasteiger partial charge is 0.479 e. The first-order valence-corrected chi connectivity index (χ1v) is 25.5. The van der Waals surface area contributed by atoms with Gasteiger partial charge in [-0.3, -0.25) is 9.13 Å². The van der Waals surface area contributed by atoms with Crippen LogP contribution < -0.4 is 18.9 Å². The number of halogens is 2. The quantitative estimate of drug-likeness (QED) is 0.119. The number of ether oxygens (including phenoxy) is 8. The molecule has 6 aromatic rings. The molecule has 6 aromatic heterocycles. The average molecular weight is 1050 g/mol. The van der Waals surface area contributed by atoms with E-state index in [1.807, 2.05) is 0 Å². The summed E-state index contributed by atoms with van der Waals surface area (Å²) in [5.41, 5.74) is 0.453. The van der Waals surface area contributed by atoms with Crippen LogP contribution in [-0.4, -0.2) is 165 Å². The molecule has 2 fully saturated rings. The van der Waals surface area contributed by atoms with Crippen LogP contribution in [0.15, 0.2) is 37.4 Å². The monoisotopic (exact) mass is 1050 g/mol. The van der Waals surface area contributed by atoms with Crippen LogP contribution in [0.5, 0.6) is 23.5 Å². The Morgan fingerprint density at radius 3 is 1.17 bits per heavy atom. The summed E-state index contributed by atoms with van der Waals surface area (Å²) in [5, 5.41) is 15.0. The lowest BCUT2D eigenvalue weighted by Gasteiger charge is -2.24. The highest BCUT2D eigenvalue weighted by Crippen LogP contribution is 2.36. The summed E-state index contributed by atoms with van der Waals surface area (Å²) >= 11 is 0. The molecule has 0 aliphatic carbocycles. The van der Waals surface area contributed by atoms with Gasteiger partial charge in [0, 0.05) is 11.8 Å². The highest BCUT2D eigenvalue weighted by molar-refractivity contribution is 7.91. The van der Waals surface area contributed by atoms with Gasteiger partial charge in [0.1, 0.15) is 48.0 Å². The molecule has 2 saturated heterocycles.